The summed E-state index contributed by atoms with van der Waals surface area (Å²) in [5.74, 6) is -0.0687. The van der Waals surface area contributed by atoms with E-state index in [1.165, 1.54) is 6.07 Å². The Labute approximate surface area is 130 Å². The van der Waals surface area contributed by atoms with Gasteiger partial charge in [-0.1, -0.05) is 12.1 Å². The topological polar surface area (TPSA) is 82.7 Å². The molecule has 1 fully saturated rings. The fourth-order valence-corrected chi connectivity index (χ4v) is 2.13. The van der Waals surface area contributed by atoms with Gasteiger partial charge in [0, 0.05) is 0 Å². The van der Waals surface area contributed by atoms with Crippen LogP contribution in [0.25, 0.3) is 6.08 Å². The summed E-state index contributed by atoms with van der Waals surface area (Å²) in [5, 5.41) is 28.1. The van der Waals surface area contributed by atoms with Gasteiger partial charge in [0.25, 0.3) is 0 Å². The van der Waals surface area contributed by atoms with Crippen LogP contribution in [0.3, 0.4) is 0 Å². The molecule has 1 aliphatic heterocycles. The first-order valence-electron chi connectivity index (χ1n) is 7.10. The summed E-state index contributed by atoms with van der Waals surface area (Å²) in [6.07, 6.45) is 1.71. The third-order valence-electron chi connectivity index (χ3n) is 4.23. The van der Waals surface area contributed by atoms with Crippen LogP contribution < -0.4 is 0 Å². The Balaban J connectivity index is 2.32. The maximum atomic E-state index is 9.63. The Bertz CT molecular complexity index is 630. The number of benzene rings is 1. The van der Waals surface area contributed by atoms with E-state index in [4.69, 9.17) is 14.6 Å². The van der Waals surface area contributed by atoms with Crippen LogP contribution in [0.2, 0.25) is 0 Å². The number of phenolic OH excluding ortho intramolecular Hbond substituents is 1. The summed E-state index contributed by atoms with van der Waals surface area (Å²) >= 11 is 0. The van der Waals surface area contributed by atoms with Crippen molar-refractivity contribution < 1.29 is 19.5 Å². The van der Waals surface area contributed by atoms with Gasteiger partial charge in [-0.15, -0.1) is 0 Å². The standard InChI is InChI=1S/C16H20BNO4/c1-15(2)16(3,4)22-17(21-15)13(10-19)8-11-5-6-14(20)12(7-11)9-18/h5-8,19-20H,10H2,1-4H3. The smallest absolute Gasteiger partial charge is 0.492 e. The van der Waals surface area contributed by atoms with Crippen molar-refractivity contribution in [2.45, 2.75) is 38.9 Å². The van der Waals surface area contributed by atoms with E-state index in [0.29, 0.717) is 11.0 Å². The normalized spacial score (nSPS) is 20.0. The van der Waals surface area contributed by atoms with Crippen LogP contribution in [0.4, 0.5) is 0 Å². The second-order valence-electron chi connectivity index (χ2n) is 6.35. The number of aliphatic hydroxyl groups excluding tert-OH is 1. The molecule has 6 heteroatoms. The number of nitrogens with zero attached hydrogens (tertiary/aromatic N) is 1. The van der Waals surface area contributed by atoms with Gasteiger partial charge in [0.05, 0.1) is 23.4 Å². The van der Waals surface area contributed by atoms with E-state index in [1.807, 2.05) is 33.8 Å². The third-order valence-corrected chi connectivity index (χ3v) is 4.23. The van der Waals surface area contributed by atoms with Crippen molar-refractivity contribution in [2.24, 2.45) is 0 Å². The molecule has 0 saturated carbocycles. The summed E-state index contributed by atoms with van der Waals surface area (Å²) in [6.45, 7) is 7.54. The van der Waals surface area contributed by atoms with Gasteiger partial charge in [0.15, 0.2) is 0 Å². The summed E-state index contributed by atoms with van der Waals surface area (Å²) in [5.41, 5.74) is 0.457. The molecule has 0 bridgehead atoms. The van der Waals surface area contributed by atoms with E-state index in [1.54, 1.807) is 18.2 Å². The Morgan fingerprint density at radius 1 is 1.27 bits per heavy atom. The van der Waals surface area contributed by atoms with Crippen LogP contribution in [-0.4, -0.2) is 35.1 Å². The number of hydrogen-bond acceptors (Lipinski definition) is 5. The van der Waals surface area contributed by atoms with E-state index in [0.717, 1.165) is 0 Å². The molecule has 0 unspecified atom stereocenters. The molecule has 1 saturated heterocycles. The molecule has 0 aromatic heterocycles. The SMILES string of the molecule is CC1(C)OB(C(=Cc2ccc(O)c(C#N)c2)CO)OC1(C)C. The quantitative estimate of drug-likeness (QED) is 0.837. The fourth-order valence-electron chi connectivity index (χ4n) is 2.13. The number of phenols is 1. The average molecular weight is 301 g/mol. The van der Waals surface area contributed by atoms with Crippen LogP contribution in [0.15, 0.2) is 23.7 Å². The Kier molecular flexibility index (Phi) is 4.34. The van der Waals surface area contributed by atoms with Crippen molar-refractivity contribution in [3.63, 3.8) is 0 Å². The van der Waals surface area contributed by atoms with Gasteiger partial charge in [-0.2, -0.15) is 5.26 Å². The summed E-state index contributed by atoms with van der Waals surface area (Å²) in [4.78, 5) is 0. The van der Waals surface area contributed by atoms with Gasteiger partial charge >= 0.3 is 7.12 Å². The molecule has 2 N–H and O–H groups in total. The summed E-state index contributed by atoms with van der Waals surface area (Å²) < 4.78 is 11.8. The van der Waals surface area contributed by atoms with E-state index < -0.39 is 18.3 Å². The predicted molar refractivity (Wildman–Crippen MR) is 84.0 cm³/mol. The van der Waals surface area contributed by atoms with Crippen LogP contribution in [0, 0.1) is 11.3 Å². The minimum absolute atomic E-state index is 0.0687. The number of hydrogen-bond donors (Lipinski definition) is 2. The number of aliphatic hydroxyl groups is 1. The lowest BCUT2D eigenvalue weighted by molar-refractivity contribution is 0.00578. The number of aromatic hydroxyl groups is 1. The van der Waals surface area contributed by atoms with Crippen molar-refractivity contribution in [2.75, 3.05) is 6.61 Å². The lowest BCUT2D eigenvalue weighted by Crippen LogP contribution is -2.41. The van der Waals surface area contributed by atoms with Crippen molar-refractivity contribution >= 4 is 13.2 Å². The molecule has 1 aromatic carbocycles. The first-order valence-corrected chi connectivity index (χ1v) is 7.10. The highest BCUT2D eigenvalue weighted by atomic mass is 16.7. The van der Waals surface area contributed by atoms with E-state index in [2.05, 4.69) is 0 Å². The lowest BCUT2D eigenvalue weighted by atomic mass is 9.77. The van der Waals surface area contributed by atoms with Crippen LogP contribution >= 0.6 is 0 Å². The van der Waals surface area contributed by atoms with Crippen molar-refractivity contribution in [1.29, 1.82) is 5.26 Å². The molecule has 116 valence electrons. The van der Waals surface area contributed by atoms with Gasteiger partial charge in [-0.05, 0) is 50.9 Å². The Hall–Kier alpha value is -1.81. The second kappa shape index (κ2) is 5.77. The molecule has 1 aromatic rings. The third kappa shape index (κ3) is 3.02. The van der Waals surface area contributed by atoms with Gasteiger partial charge in [-0.25, -0.2) is 0 Å². The molecule has 5 nitrogen and oxygen atoms in total. The minimum atomic E-state index is -0.644. The van der Waals surface area contributed by atoms with E-state index in [-0.39, 0.29) is 17.9 Å². The van der Waals surface area contributed by atoms with E-state index >= 15 is 0 Å². The second-order valence-corrected chi connectivity index (χ2v) is 6.35. The maximum Gasteiger partial charge on any atom is 0.492 e. The molecular weight excluding hydrogens is 281 g/mol. The molecular formula is C16H20BNO4. The maximum absolute atomic E-state index is 9.63. The van der Waals surface area contributed by atoms with Gasteiger partial charge in [0.1, 0.15) is 11.8 Å². The summed E-state index contributed by atoms with van der Waals surface area (Å²) in [7, 11) is -0.644. The van der Waals surface area contributed by atoms with Crippen molar-refractivity contribution in [3.8, 4) is 11.8 Å². The zero-order valence-corrected chi connectivity index (χ0v) is 13.3. The average Bonchev–Trinajstić information content (AvgIpc) is 2.66. The highest BCUT2D eigenvalue weighted by Gasteiger charge is 2.52. The molecule has 1 aliphatic rings. The van der Waals surface area contributed by atoms with Crippen LogP contribution in [0.5, 0.6) is 5.75 Å². The molecule has 2 rings (SSSR count). The largest absolute Gasteiger partial charge is 0.507 e. The van der Waals surface area contributed by atoms with Gasteiger partial charge in [0.2, 0.25) is 0 Å². The van der Waals surface area contributed by atoms with Gasteiger partial charge in [-0.3, -0.25) is 0 Å². The van der Waals surface area contributed by atoms with Gasteiger partial charge < -0.3 is 19.5 Å². The predicted octanol–water partition coefficient (Wildman–Crippen LogP) is 2.27. The number of rotatable bonds is 3. The lowest BCUT2D eigenvalue weighted by Gasteiger charge is -2.32. The van der Waals surface area contributed by atoms with E-state index in [9.17, 15) is 10.2 Å². The van der Waals surface area contributed by atoms with Crippen molar-refractivity contribution in [1.82, 2.24) is 0 Å². The first kappa shape index (κ1) is 16.6. The molecule has 0 atom stereocenters. The molecule has 0 spiro atoms. The highest BCUT2D eigenvalue weighted by molar-refractivity contribution is 6.55. The minimum Gasteiger partial charge on any atom is -0.507 e. The Morgan fingerprint density at radius 2 is 1.86 bits per heavy atom. The van der Waals surface area contributed by atoms with Crippen molar-refractivity contribution in [3.05, 3.63) is 34.8 Å². The zero-order chi connectivity index (χ0) is 16.5. The zero-order valence-electron chi connectivity index (χ0n) is 13.3. The Morgan fingerprint density at radius 3 is 2.36 bits per heavy atom. The number of nitriles is 1. The highest BCUT2D eigenvalue weighted by Crippen LogP contribution is 2.38. The molecule has 0 aliphatic carbocycles. The fraction of sp³-hybridized carbons (Fsp3) is 0.438. The molecule has 0 radical (unpaired) electrons. The van der Waals surface area contributed by atoms with Crippen LogP contribution in [-0.2, 0) is 9.31 Å². The molecule has 22 heavy (non-hydrogen) atoms. The summed E-state index contributed by atoms with van der Waals surface area (Å²) in [6, 6.07) is 6.58. The monoisotopic (exact) mass is 301 g/mol. The van der Waals surface area contributed by atoms with Crippen LogP contribution in [0.1, 0.15) is 38.8 Å². The molecule has 1 heterocycles. The molecule has 0 amide bonds. The first-order chi connectivity index (χ1) is 10.2.